The number of oxazole rings is 1. The van der Waals surface area contributed by atoms with Crippen molar-refractivity contribution >= 4 is 17.1 Å². The van der Waals surface area contributed by atoms with Gasteiger partial charge in [0.05, 0.1) is 6.04 Å². The van der Waals surface area contributed by atoms with E-state index in [9.17, 15) is 9.90 Å². The van der Waals surface area contributed by atoms with Crippen LogP contribution < -0.4 is 10.1 Å². The van der Waals surface area contributed by atoms with Crippen molar-refractivity contribution in [2.45, 2.75) is 65.1 Å². The van der Waals surface area contributed by atoms with E-state index in [0.717, 1.165) is 29.5 Å². The summed E-state index contributed by atoms with van der Waals surface area (Å²) in [5.41, 5.74) is 1.35. The number of ether oxygens (including phenoxy) is 1. The number of benzene rings is 2. The Labute approximate surface area is 183 Å². The van der Waals surface area contributed by atoms with E-state index in [-0.39, 0.29) is 12.1 Å². The fourth-order valence-electron chi connectivity index (χ4n) is 3.40. The molecule has 2 N–H and O–H groups in total. The maximum Gasteiger partial charge on any atom is 0.347 e. The molecule has 6 heteroatoms. The Hall–Kier alpha value is -2.86. The fourth-order valence-corrected chi connectivity index (χ4v) is 3.40. The van der Waals surface area contributed by atoms with Crippen molar-refractivity contribution in [2.24, 2.45) is 5.92 Å². The molecule has 0 bridgehead atoms. The Morgan fingerprint density at radius 1 is 1.13 bits per heavy atom. The Balaban J connectivity index is 1.80. The Morgan fingerprint density at radius 2 is 1.87 bits per heavy atom. The van der Waals surface area contributed by atoms with Gasteiger partial charge < -0.3 is 14.3 Å². The highest BCUT2D eigenvalue weighted by Crippen LogP contribution is 2.29. The minimum atomic E-state index is -1.30. The highest BCUT2D eigenvalue weighted by atomic mass is 16.5. The topological polar surface area (TPSA) is 84.6 Å². The molecule has 3 rings (SSSR count). The summed E-state index contributed by atoms with van der Waals surface area (Å²) in [7, 11) is 0. The van der Waals surface area contributed by atoms with Gasteiger partial charge in [-0.25, -0.2) is 9.78 Å². The van der Waals surface area contributed by atoms with Gasteiger partial charge in [0.15, 0.2) is 11.2 Å². The van der Waals surface area contributed by atoms with Gasteiger partial charge in [-0.3, -0.25) is 5.32 Å². The Kier molecular flexibility index (Phi) is 7.01. The summed E-state index contributed by atoms with van der Waals surface area (Å²) >= 11 is 0. The quantitative estimate of drug-likeness (QED) is 0.422. The molecule has 3 aromatic rings. The maximum absolute atomic E-state index is 11.4. The van der Waals surface area contributed by atoms with Gasteiger partial charge >= 0.3 is 5.97 Å². The van der Waals surface area contributed by atoms with E-state index in [1.165, 1.54) is 0 Å². The van der Waals surface area contributed by atoms with Crippen LogP contribution in [0.2, 0.25) is 0 Å². The minimum Gasteiger partial charge on any atom is -0.478 e. The Morgan fingerprint density at radius 3 is 2.55 bits per heavy atom. The number of carboxylic acids is 1. The average Bonchev–Trinajstić information content (AvgIpc) is 3.14. The SMILES string of the molecule is CC(C)CCC(NC(C)c1cccc(OC(C)(C)C(=O)O)c1)c1nc2ccccc2o1. The molecule has 6 nitrogen and oxygen atoms in total. The summed E-state index contributed by atoms with van der Waals surface area (Å²) in [5, 5.41) is 13.0. The van der Waals surface area contributed by atoms with Gasteiger partial charge in [0.25, 0.3) is 0 Å². The molecular weight excluding hydrogens is 392 g/mol. The maximum atomic E-state index is 11.4. The summed E-state index contributed by atoms with van der Waals surface area (Å²) in [4.78, 5) is 16.1. The molecule has 0 aliphatic carbocycles. The lowest BCUT2D eigenvalue weighted by Gasteiger charge is -2.24. The summed E-state index contributed by atoms with van der Waals surface area (Å²) < 4.78 is 11.8. The molecule has 0 aliphatic rings. The molecule has 0 aliphatic heterocycles. The van der Waals surface area contributed by atoms with Crippen molar-refractivity contribution in [3.63, 3.8) is 0 Å². The normalized spacial score (nSPS) is 14.0. The molecule has 0 radical (unpaired) electrons. The number of aromatic nitrogens is 1. The zero-order chi connectivity index (χ0) is 22.6. The first-order valence-electron chi connectivity index (χ1n) is 10.8. The standard InChI is InChI=1S/C25H32N2O4/c1-16(2)13-14-21(23-27-20-11-6-7-12-22(20)30-23)26-17(3)18-9-8-10-19(15-18)31-25(4,5)24(28)29/h6-12,15-17,21,26H,13-14H2,1-5H3,(H,28,29). The van der Waals surface area contributed by atoms with E-state index < -0.39 is 11.6 Å². The monoisotopic (exact) mass is 424 g/mol. The van der Waals surface area contributed by atoms with Gasteiger partial charge in [0, 0.05) is 6.04 Å². The van der Waals surface area contributed by atoms with Crippen LogP contribution in [0.25, 0.3) is 11.1 Å². The molecule has 31 heavy (non-hydrogen) atoms. The van der Waals surface area contributed by atoms with Gasteiger partial charge in [0.1, 0.15) is 11.3 Å². The van der Waals surface area contributed by atoms with Crippen molar-refractivity contribution < 1.29 is 19.1 Å². The van der Waals surface area contributed by atoms with Crippen molar-refractivity contribution in [2.75, 3.05) is 0 Å². The van der Waals surface area contributed by atoms with Crippen molar-refractivity contribution in [1.82, 2.24) is 10.3 Å². The number of fused-ring (bicyclic) bond motifs is 1. The summed E-state index contributed by atoms with van der Waals surface area (Å²) in [6.45, 7) is 9.57. The van der Waals surface area contributed by atoms with Crippen LogP contribution in [0.3, 0.4) is 0 Å². The number of nitrogens with one attached hydrogen (secondary N) is 1. The molecule has 1 aromatic heterocycles. The van der Waals surface area contributed by atoms with E-state index in [0.29, 0.717) is 17.6 Å². The molecule has 166 valence electrons. The van der Waals surface area contributed by atoms with Crippen molar-refractivity contribution in [1.29, 1.82) is 0 Å². The fraction of sp³-hybridized carbons (Fsp3) is 0.440. The predicted octanol–water partition coefficient (Wildman–Crippen LogP) is 5.90. The number of carboxylic acid groups (broad SMARTS) is 1. The molecule has 2 unspecified atom stereocenters. The molecule has 0 spiro atoms. The van der Waals surface area contributed by atoms with Crippen LogP contribution >= 0.6 is 0 Å². The lowest BCUT2D eigenvalue weighted by molar-refractivity contribution is -0.152. The van der Waals surface area contributed by atoms with Crippen LogP contribution in [-0.4, -0.2) is 21.7 Å². The first-order chi connectivity index (χ1) is 14.7. The molecule has 2 aromatic carbocycles. The molecule has 1 heterocycles. The highest BCUT2D eigenvalue weighted by molar-refractivity contribution is 5.76. The zero-order valence-electron chi connectivity index (χ0n) is 18.9. The number of rotatable bonds is 10. The molecule has 0 saturated heterocycles. The van der Waals surface area contributed by atoms with Gasteiger partial charge in [0.2, 0.25) is 5.89 Å². The second-order valence-electron chi connectivity index (χ2n) is 8.92. The summed E-state index contributed by atoms with van der Waals surface area (Å²) in [6.07, 6.45) is 1.94. The van der Waals surface area contributed by atoms with Crippen LogP contribution in [0.15, 0.2) is 52.9 Å². The zero-order valence-corrected chi connectivity index (χ0v) is 18.9. The van der Waals surface area contributed by atoms with E-state index in [1.54, 1.807) is 19.9 Å². The first kappa shape index (κ1) is 22.8. The van der Waals surface area contributed by atoms with E-state index in [4.69, 9.17) is 14.1 Å². The Bertz CT molecular complexity index is 992. The van der Waals surface area contributed by atoms with E-state index in [2.05, 4.69) is 26.1 Å². The smallest absolute Gasteiger partial charge is 0.347 e. The number of hydrogen-bond acceptors (Lipinski definition) is 5. The largest absolute Gasteiger partial charge is 0.478 e. The number of para-hydroxylation sites is 2. The second-order valence-corrected chi connectivity index (χ2v) is 8.92. The molecule has 0 saturated carbocycles. The van der Waals surface area contributed by atoms with Gasteiger partial charge in [-0.2, -0.15) is 0 Å². The third-order valence-corrected chi connectivity index (χ3v) is 5.34. The second kappa shape index (κ2) is 9.52. The third kappa shape index (κ3) is 5.85. The number of nitrogens with zero attached hydrogens (tertiary/aromatic N) is 1. The van der Waals surface area contributed by atoms with Gasteiger partial charge in [-0.05, 0) is 69.4 Å². The first-order valence-corrected chi connectivity index (χ1v) is 10.8. The van der Waals surface area contributed by atoms with Crippen molar-refractivity contribution in [3.8, 4) is 5.75 Å². The summed E-state index contributed by atoms with van der Waals surface area (Å²) in [5.74, 6) is 0.778. The van der Waals surface area contributed by atoms with E-state index in [1.807, 2.05) is 42.5 Å². The number of aliphatic carboxylic acids is 1. The van der Waals surface area contributed by atoms with Gasteiger partial charge in [-0.1, -0.05) is 38.1 Å². The van der Waals surface area contributed by atoms with Crippen LogP contribution in [-0.2, 0) is 4.79 Å². The molecule has 0 amide bonds. The van der Waals surface area contributed by atoms with Gasteiger partial charge in [-0.15, -0.1) is 0 Å². The van der Waals surface area contributed by atoms with Crippen molar-refractivity contribution in [3.05, 3.63) is 60.0 Å². The van der Waals surface area contributed by atoms with E-state index >= 15 is 0 Å². The molecular formula is C25H32N2O4. The lowest BCUT2D eigenvalue weighted by atomic mass is 10.0. The molecule has 0 fully saturated rings. The van der Waals surface area contributed by atoms with Crippen LogP contribution in [0.4, 0.5) is 0 Å². The average molecular weight is 425 g/mol. The van der Waals surface area contributed by atoms with Crippen LogP contribution in [0, 0.1) is 5.92 Å². The third-order valence-electron chi connectivity index (χ3n) is 5.34. The van der Waals surface area contributed by atoms with Crippen LogP contribution in [0.1, 0.15) is 71.0 Å². The number of hydrogen-bond donors (Lipinski definition) is 2. The molecule has 2 atom stereocenters. The number of carbonyl (C=O) groups is 1. The highest BCUT2D eigenvalue weighted by Gasteiger charge is 2.29. The predicted molar refractivity (Wildman–Crippen MR) is 121 cm³/mol. The summed E-state index contributed by atoms with van der Waals surface area (Å²) in [6, 6.07) is 15.3. The lowest BCUT2D eigenvalue weighted by Crippen LogP contribution is -2.37. The minimum absolute atomic E-state index is 0.0105. The van der Waals surface area contributed by atoms with Crippen LogP contribution in [0.5, 0.6) is 5.75 Å².